The summed E-state index contributed by atoms with van der Waals surface area (Å²) >= 11 is 0. The Balaban J connectivity index is 2.23. The van der Waals surface area contributed by atoms with E-state index in [1.165, 1.54) is 14.0 Å². The van der Waals surface area contributed by atoms with Crippen LogP contribution in [0.25, 0.3) is 0 Å². The minimum absolute atomic E-state index is 0.0610. The molecule has 0 amide bonds. The van der Waals surface area contributed by atoms with Crippen LogP contribution in [0, 0.1) is 18.3 Å². The van der Waals surface area contributed by atoms with Gasteiger partial charge in [-0.1, -0.05) is 30.3 Å². The number of ether oxygens (including phenoxy) is 1. The number of rotatable bonds is 5. The second-order valence-corrected chi connectivity index (χ2v) is 6.63. The molecule has 146 valence electrons. The zero-order valence-electron chi connectivity index (χ0n) is 16.3. The number of nitriles is 1. The first kappa shape index (κ1) is 19.9. The van der Waals surface area contributed by atoms with Crippen LogP contribution in [0.15, 0.2) is 59.4 Å². The predicted octanol–water partition coefficient (Wildman–Crippen LogP) is 3.58. The van der Waals surface area contributed by atoms with Gasteiger partial charge in [-0.3, -0.25) is 14.2 Å². The average Bonchev–Trinajstić information content (AvgIpc) is 2.74. The molecule has 3 rings (SSSR count). The van der Waals surface area contributed by atoms with Crippen molar-refractivity contribution in [2.45, 2.75) is 19.9 Å². The van der Waals surface area contributed by atoms with Crippen LogP contribution in [0.4, 0.5) is 0 Å². The van der Waals surface area contributed by atoms with Gasteiger partial charge in [-0.15, -0.1) is 0 Å². The Bertz CT molecular complexity index is 1160. The fraction of sp³-hybridized carbons (Fsp3) is 0.174. The van der Waals surface area contributed by atoms with Gasteiger partial charge in [-0.05, 0) is 49.2 Å². The van der Waals surface area contributed by atoms with Crippen LogP contribution in [0.1, 0.15) is 45.6 Å². The smallest absolute Gasteiger partial charge is 0.272 e. The zero-order chi connectivity index (χ0) is 21.1. The fourth-order valence-electron chi connectivity index (χ4n) is 3.32. The van der Waals surface area contributed by atoms with Gasteiger partial charge in [-0.25, -0.2) is 0 Å². The maximum absolute atomic E-state index is 13.2. The molecule has 29 heavy (non-hydrogen) atoms. The van der Waals surface area contributed by atoms with Gasteiger partial charge < -0.3 is 9.84 Å². The van der Waals surface area contributed by atoms with Crippen LogP contribution in [-0.2, 0) is 0 Å². The molecule has 0 aliphatic rings. The lowest BCUT2D eigenvalue weighted by molar-refractivity contribution is 0.103. The van der Waals surface area contributed by atoms with Crippen molar-refractivity contribution < 1.29 is 14.6 Å². The minimum Gasteiger partial charge on any atom is -0.497 e. The Labute approximate surface area is 168 Å². The van der Waals surface area contributed by atoms with E-state index in [2.05, 4.69) is 0 Å². The van der Waals surface area contributed by atoms with E-state index < -0.39 is 23.3 Å². The summed E-state index contributed by atoms with van der Waals surface area (Å²) in [7, 11) is 1.52. The van der Waals surface area contributed by atoms with E-state index in [1.807, 2.05) is 36.4 Å². The molecule has 6 heteroatoms. The Hall–Kier alpha value is -3.85. The highest BCUT2D eigenvalue weighted by Crippen LogP contribution is 2.29. The normalized spacial score (nSPS) is 11.5. The number of methoxy groups -OCH3 is 1. The van der Waals surface area contributed by atoms with Gasteiger partial charge >= 0.3 is 0 Å². The van der Waals surface area contributed by atoms with Gasteiger partial charge in [0.05, 0.1) is 18.7 Å². The molecule has 0 spiro atoms. The predicted molar refractivity (Wildman–Crippen MR) is 109 cm³/mol. The molecule has 0 aliphatic heterocycles. The summed E-state index contributed by atoms with van der Waals surface area (Å²) < 4.78 is 6.20. The molecule has 1 atom stereocenters. The first-order valence-electron chi connectivity index (χ1n) is 9.02. The maximum Gasteiger partial charge on any atom is 0.272 e. The van der Waals surface area contributed by atoms with Crippen LogP contribution >= 0.6 is 0 Å². The maximum atomic E-state index is 13.2. The van der Waals surface area contributed by atoms with E-state index in [-0.39, 0.29) is 16.7 Å². The molecule has 0 fully saturated rings. The molecule has 6 nitrogen and oxygen atoms in total. The Morgan fingerprint density at radius 1 is 1.14 bits per heavy atom. The van der Waals surface area contributed by atoms with Crippen LogP contribution in [0.5, 0.6) is 11.6 Å². The number of hydrogen-bond acceptors (Lipinski definition) is 5. The molecule has 2 aromatic carbocycles. The van der Waals surface area contributed by atoms with Gasteiger partial charge in [-0.2, -0.15) is 5.26 Å². The molecule has 1 aromatic heterocycles. The second-order valence-electron chi connectivity index (χ2n) is 6.63. The SMILES string of the molecule is COc1ccc(C(=O)c2c(C)c(C#N)c(=O)n(C(C)c3ccccc3)c2O)cc1. The highest BCUT2D eigenvalue weighted by atomic mass is 16.5. The molecular weight excluding hydrogens is 368 g/mol. The zero-order valence-corrected chi connectivity index (χ0v) is 16.3. The van der Waals surface area contributed by atoms with Crippen molar-refractivity contribution in [3.8, 4) is 17.7 Å². The number of aromatic hydroxyl groups is 1. The number of benzene rings is 2. The number of nitrogens with zero attached hydrogens (tertiary/aromatic N) is 2. The van der Waals surface area contributed by atoms with Crippen molar-refractivity contribution >= 4 is 5.78 Å². The molecule has 0 bridgehead atoms. The number of carbonyl (C=O) groups excluding carboxylic acids is 1. The molecule has 3 aromatic rings. The number of carbonyl (C=O) groups is 1. The van der Waals surface area contributed by atoms with Crippen molar-refractivity contribution in [2.75, 3.05) is 7.11 Å². The van der Waals surface area contributed by atoms with Crippen LogP contribution in [-0.4, -0.2) is 22.6 Å². The standard InChI is InChI=1S/C23H20N2O4/c1-14-19(13-24)22(27)25(15(2)16-7-5-4-6-8-16)23(28)20(14)21(26)17-9-11-18(29-3)12-10-17/h4-12,15,28H,1-3H3. The lowest BCUT2D eigenvalue weighted by atomic mass is 9.96. The molecule has 1 heterocycles. The minimum atomic E-state index is -0.634. The summed E-state index contributed by atoms with van der Waals surface area (Å²) in [5.74, 6) is -0.347. The Kier molecular flexibility index (Phi) is 5.51. The molecule has 0 radical (unpaired) electrons. The van der Waals surface area contributed by atoms with E-state index >= 15 is 0 Å². The number of ketones is 1. The molecule has 0 saturated heterocycles. The third-order valence-corrected chi connectivity index (χ3v) is 4.99. The Morgan fingerprint density at radius 2 is 1.76 bits per heavy atom. The third-order valence-electron chi connectivity index (χ3n) is 4.99. The van der Waals surface area contributed by atoms with Gasteiger partial charge in [0.1, 0.15) is 17.4 Å². The molecule has 0 aliphatic carbocycles. The summed E-state index contributed by atoms with van der Waals surface area (Å²) in [5, 5.41) is 20.5. The van der Waals surface area contributed by atoms with Crippen molar-refractivity contribution in [3.05, 3.63) is 92.8 Å². The Morgan fingerprint density at radius 3 is 2.31 bits per heavy atom. The van der Waals surface area contributed by atoms with Crippen LogP contribution < -0.4 is 10.3 Å². The van der Waals surface area contributed by atoms with E-state index in [4.69, 9.17) is 4.74 Å². The summed E-state index contributed by atoms with van der Waals surface area (Å²) in [4.78, 5) is 26.1. The van der Waals surface area contributed by atoms with Crippen molar-refractivity contribution in [1.29, 1.82) is 5.26 Å². The van der Waals surface area contributed by atoms with E-state index in [0.717, 1.165) is 10.1 Å². The molecular formula is C23H20N2O4. The molecule has 1 unspecified atom stereocenters. The number of hydrogen-bond donors (Lipinski definition) is 1. The second kappa shape index (κ2) is 8.03. The molecule has 0 saturated carbocycles. The first-order valence-corrected chi connectivity index (χ1v) is 9.02. The van der Waals surface area contributed by atoms with Crippen molar-refractivity contribution in [3.63, 3.8) is 0 Å². The number of aromatic nitrogens is 1. The quantitative estimate of drug-likeness (QED) is 0.675. The highest BCUT2D eigenvalue weighted by Gasteiger charge is 2.27. The van der Waals surface area contributed by atoms with Crippen molar-refractivity contribution in [2.24, 2.45) is 0 Å². The van der Waals surface area contributed by atoms with Crippen LogP contribution in [0.2, 0.25) is 0 Å². The van der Waals surface area contributed by atoms with E-state index in [9.17, 15) is 20.0 Å². The lowest BCUT2D eigenvalue weighted by Gasteiger charge is -2.21. The lowest BCUT2D eigenvalue weighted by Crippen LogP contribution is -2.29. The fourth-order valence-corrected chi connectivity index (χ4v) is 3.32. The molecule has 1 N–H and O–H groups in total. The van der Waals surface area contributed by atoms with Gasteiger partial charge in [0.15, 0.2) is 5.78 Å². The third kappa shape index (κ3) is 3.50. The monoisotopic (exact) mass is 388 g/mol. The van der Waals surface area contributed by atoms with Gasteiger partial charge in [0.25, 0.3) is 5.56 Å². The van der Waals surface area contributed by atoms with Gasteiger partial charge in [0.2, 0.25) is 5.88 Å². The first-order chi connectivity index (χ1) is 13.9. The van der Waals surface area contributed by atoms with E-state index in [1.54, 1.807) is 31.2 Å². The number of pyridine rings is 1. The largest absolute Gasteiger partial charge is 0.497 e. The topological polar surface area (TPSA) is 92.3 Å². The summed E-state index contributed by atoms with van der Waals surface area (Å²) in [5.41, 5.74) is 0.375. The summed E-state index contributed by atoms with van der Waals surface area (Å²) in [6.45, 7) is 3.22. The highest BCUT2D eigenvalue weighted by molar-refractivity contribution is 6.11. The van der Waals surface area contributed by atoms with Gasteiger partial charge in [0, 0.05) is 5.56 Å². The summed E-state index contributed by atoms with van der Waals surface area (Å²) in [6, 6.07) is 16.8. The van der Waals surface area contributed by atoms with E-state index in [0.29, 0.717) is 11.3 Å². The van der Waals surface area contributed by atoms with Crippen molar-refractivity contribution in [1.82, 2.24) is 4.57 Å². The average molecular weight is 388 g/mol. The van der Waals surface area contributed by atoms with Crippen LogP contribution in [0.3, 0.4) is 0 Å². The summed E-state index contributed by atoms with van der Waals surface area (Å²) in [6.07, 6.45) is 0.